The van der Waals surface area contributed by atoms with Crippen LogP contribution in [0.4, 0.5) is 4.79 Å². The van der Waals surface area contributed by atoms with Crippen molar-refractivity contribution in [2.75, 3.05) is 13.7 Å². The molecule has 0 aliphatic heterocycles. The van der Waals surface area contributed by atoms with E-state index in [-0.39, 0.29) is 6.61 Å². The molecule has 0 radical (unpaired) electrons. The van der Waals surface area contributed by atoms with Crippen molar-refractivity contribution in [2.24, 2.45) is 0 Å². The standard InChI is InChI=1S/C12H23NO5/c1-12(2,3)18-11(16)13-9(10(15)17-4)7-5-6-8-14/h9,14H,5-8H2,1-4H3,(H,13,16). The van der Waals surface area contributed by atoms with Crippen LogP contribution in [0, 0.1) is 0 Å². The van der Waals surface area contributed by atoms with Gasteiger partial charge in [-0.15, -0.1) is 0 Å². The number of carbonyl (C=O) groups is 2. The first kappa shape index (κ1) is 16.7. The van der Waals surface area contributed by atoms with Crippen molar-refractivity contribution in [3.63, 3.8) is 0 Å². The number of nitrogens with one attached hydrogen (secondary N) is 1. The molecule has 6 nitrogen and oxygen atoms in total. The Balaban J connectivity index is 4.31. The number of alkyl carbamates (subject to hydrolysis) is 1. The van der Waals surface area contributed by atoms with Crippen molar-refractivity contribution in [3.05, 3.63) is 0 Å². The maximum absolute atomic E-state index is 11.5. The van der Waals surface area contributed by atoms with Gasteiger partial charge in [-0.1, -0.05) is 0 Å². The molecule has 0 saturated carbocycles. The number of unbranched alkanes of at least 4 members (excludes halogenated alkanes) is 1. The number of hydrogen-bond acceptors (Lipinski definition) is 5. The zero-order valence-electron chi connectivity index (χ0n) is 11.5. The van der Waals surface area contributed by atoms with Crippen LogP contribution in [0.2, 0.25) is 0 Å². The van der Waals surface area contributed by atoms with Gasteiger partial charge in [0.05, 0.1) is 7.11 Å². The molecule has 0 aliphatic carbocycles. The highest BCUT2D eigenvalue weighted by Gasteiger charge is 2.24. The number of ether oxygens (including phenoxy) is 2. The van der Waals surface area contributed by atoms with Gasteiger partial charge < -0.3 is 19.9 Å². The Morgan fingerprint density at radius 2 is 1.89 bits per heavy atom. The van der Waals surface area contributed by atoms with Gasteiger partial charge in [0, 0.05) is 6.61 Å². The average Bonchev–Trinajstić information content (AvgIpc) is 2.24. The molecule has 106 valence electrons. The van der Waals surface area contributed by atoms with Crippen LogP contribution >= 0.6 is 0 Å². The number of carbonyl (C=O) groups excluding carboxylic acids is 2. The zero-order valence-corrected chi connectivity index (χ0v) is 11.5. The van der Waals surface area contributed by atoms with Crippen molar-refractivity contribution >= 4 is 12.1 Å². The number of rotatable bonds is 6. The summed E-state index contributed by atoms with van der Waals surface area (Å²) >= 11 is 0. The van der Waals surface area contributed by atoms with E-state index in [1.807, 2.05) is 0 Å². The first-order valence-electron chi connectivity index (χ1n) is 5.98. The van der Waals surface area contributed by atoms with Crippen molar-refractivity contribution in [1.29, 1.82) is 0 Å². The first-order chi connectivity index (χ1) is 8.30. The molecule has 1 amide bonds. The van der Waals surface area contributed by atoms with Crippen molar-refractivity contribution in [3.8, 4) is 0 Å². The zero-order chi connectivity index (χ0) is 14.2. The second kappa shape index (κ2) is 7.92. The van der Waals surface area contributed by atoms with Crippen molar-refractivity contribution in [1.82, 2.24) is 5.32 Å². The maximum atomic E-state index is 11.5. The van der Waals surface area contributed by atoms with E-state index in [1.165, 1.54) is 7.11 Å². The van der Waals surface area contributed by atoms with Gasteiger partial charge in [-0.25, -0.2) is 9.59 Å². The van der Waals surface area contributed by atoms with Crippen molar-refractivity contribution < 1.29 is 24.2 Å². The number of amides is 1. The van der Waals surface area contributed by atoms with E-state index in [0.29, 0.717) is 19.3 Å². The smallest absolute Gasteiger partial charge is 0.408 e. The van der Waals surface area contributed by atoms with Gasteiger partial charge in [-0.05, 0) is 40.0 Å². The average molecular weight is 261 g/mol. The molecule has 1 unspecified atom stereocenters. The maximum Gasteiger partial charge on any atom is 0.408 e. The summed E-state index contributed by atoms with van der Waals surface area (Å²) in [6.07, 6.45) is 0.948. The summed E-state index contributed by atoms with van der Waals surface area (Å²) in [5.41, 5.74) is -0.615. The molecule has 1 atom stereocenters. The molecular weight excluding hydrogens is 238 g/mol. The van der Waals surface area contributed by atoms with Crippen LogP contribution in [0.3, 0.4) is 0 Å². The van der Waals surface area contributed by atoms with Crippen LogP contribution in [0.5, 0.6) is 0 Å². The minimum absolute atomic E-state index is 0.0559. The number of hydrogen-bond donors (Lipinski definition) is 2. The van der Waals surface area contributed by atoms with E-state index in [1.54, 1.807) is 20.8 Å². The molecule has 6 heteroatoms. The van der Waals surface area contributed by atoms with Gasteiger partial charge in [-0.2, -0.15) is 0 Å². The molecule has 0 rings (SSSR count). The lowest BCUT2D eigenvalue weighted by atomic mass is 10.1. The summed E-state index contributed by atoms with van der Waals surface area (Å²) in [5, 5.41) is 11.1. The third-order valence-electron chi connectivity index (χ3n) is 2.08. The number of methoxy groups -OCH3 is 1. The van der Waals surface area contributed by atoms with Gasteiger partial charge in [-0.3, -0.25) is 0 Å². The number of aliphatic hydroxyl groups is 1. The SMILES string of the molecule is COC(=O)C(CCCCO)NC(=O)OC(C)(C)C. The minimum atomic E-state index is -0.739. The lowest BCUT2D eigenvalue weighted by Gasteiger charge is -2.22. The van der Waals surface area contributed by atoms with E-state index in [0.717, 1.165) is 0 Å². The molecule has 2 N–H and O–H groups in total. The van der Waals surface area contributed by atoms with Gasteiger partial charge in [0.15, 0.2) is 0 Å². The van der Waals surface area contributed by atoms with Gasteiger partial charge in [0.1, 0.15) is 11.6 Å². The second-order valence-electron chi connectivity index (χ2n) is 4.94. The van der Waals surface area contributed by atoms with Crippen LogP contribution in [-0.4, -0.2) is 42.5 Å². The quantitative estimate of drug-likeness (QED) is 0.554. The van der Waals surface area contributed by atoms with E-state index in [9.17, 15) is 9.59 Å². The van der Waals surface area contributed by atoms with Crippen LogP contribution in [-0.2, 0) is 14.3 Å². The molecular formula is C12H23NO5. The lowest BCUT2D eigenvalue weighted by molar-refractivity contribution is -0.143. The number of aliphatic hydroxyl groups excluding tert-OH is 1. The Labute approximate surface area is 108 Å². The predicted molar refractivity (Wildman–Crippen MR) is 66.1 cm³/mol. The highest BCUT2D eigenvalue weighted by molar-refractivity contribution is 5.81. The molecule has 0 aromatic heterocycles. The fourth-order valence-corrected chi connectivity index (χ4v) is 1.30. The van der Waals surface area contributed by atoms with E-state index in [4.69, 9.17) is 9.84 Å². The highest BCUT2D eigenvalue weighted by Crippen LogP contribution is 2.08. The summed E-state index contributed by atoms with van der Waals surface area (Å²) in [6, 6.07) is -0.739. The van der Waals surface area contributed by atoms with Gasteiger partial charge >= 0.3 is 12.1 Å². The van der Waals surface area contributed by atoms with Crippen molar-refractivity contribution in [2.45, 2.75) is 51.7 Å². The fourth-order valence-electron chi connectivity index (χ4n) is 1.30. The fraction of sp³-hybridized carbons (Fsp3) is 0.833. The van der Waals surface area contributed by atoms with Gasteiger partial charge in [0.2, 0.25) is 0 Å². The molecule has 0 aromatic rings. The molecule has 0 aliphatic rings. The van der Waals surface area contributed by atoms with E-state index >= 15 is 0 Å². The third kappa shape index (κ3) is 7.89. The molecule has 0 heterocycles. The monoisotopic (exact) mass is 261 g/mol. The molecule has 0 aromatic carbocycles. The summed E-state index contributed by atoms with van der Waals surface area (Å²) in [7, 11) is 1.26. The van der Waals surface area contributed by atoms with Crippen LogP contribution in [0.1, 0.15) is 40.0 Å². The Bertz CT molecular complexity index is 272. The molecule has 18 heavy (non-hydrogen) atoms. The molecule has 0 spiro atoms. The van der Waals surface area contributed by atoms with Gasteiger partial charge in [0.25, 0.3) is 0 Å². The largest absolute Gasteiger partial charge is 0.467 e. The first-order valence-corrected chi connectivity index (χ1v) is 5.98. The summed E-state index contributed by atoms with van der Waals surface area (Å²) in [6.45, 7) is 5.28. The minimum Gasteiger partial charge on any atom is -0.467 e. The van der Waals surface area contributed by atoms with E-state index in [2.05, 4.69) is 10.1 Å². The van der Waals surface area contributed by atoms with Crippen LogP contribution < -0.4 is 5.32 Å². The topological polar surface area (TPSA) is 84.9 Å². The lowest BCUT2D eigenvalue weighted by Crippen LogP contribution is -2.44. The Kier molecular flexibility index (Phi) is 7.35. The highest BCUT2D eigenvalue weighted by atomic mass is 16.6. The normalized spacial score (nSPS) is 12.7. The molecule has 0 saturated heterocycles. The summed E-state index contributed by atoms with van der Waals surface area (Å²) in [5.74, 6) is -0.515. The Morgan fingerprint density at radius 1 is 1.28 bits per heavy atom. The second-order valence-corrected chi connectivity index (χ2v) is 4.94. The third-order valence-corrected chi connectivity index (χ3v) is 2.08. The predicted octanol–water partition coefficient (Wildman–Crippen LogP) is 1.22. The van der Waals surface area contributed by atoms with E-state index < -0.39 is 23.7 Å². The summed E-state index contributed by atoms with van der Waals surface area (Å²) in [4.78, 5) is 23.0. The van der Waals surface area contributed by atoms with Crippen LogP contribution in [0.25, 0.3) is 0 Å². The number of esters is 1. The Morgan fingerprint density at radius 3 is 2.33 bits per heavy atom. The molecule has 0 bridgehead atoms. The Hall–Kier alpha value is -1.30. The summed E-state index contributed by atoms with van der Waals surface area (Å²) < 4.78 is 9.66. The molecule has 0 fully saturated rings. The van der Waals surface area contributed by atoms with Crippen LogP contribution in [0.15, 0.2) is 0 Å².